The molecule has 0 aromatic carbocycles. The first kappa shape index (κ1) is 14.1. The van der Waals surface area contributed by atoms with Crippen molar-refractivity contribution >= 4 is 22.4 Å². The number of aliphatic carboxylic acids is 1. The molecular formula is C14H20N2O2S. The summed E-state index contributed by atoms with van der Waals surface area (Å²) in [5, 5.41) is 11.7. The normalized spacial score (nSPS) is 24.4. The average Bonchev–Trinajstić information content (AvgIpc) is 2.74. The highest BCUT2D eigenvalue weighted by Crippen LogP contribution is 2.39. The highest BCUT2D eigenvalue weighted by molar-refractivity contribution is 7.13. The zero-order valence-electron chi connectivity index (χ0n) is 11.0. The van der Waals surface area contributed by atoms with E-state index >= 15 is 0 Å². The number of nitrogens with two attached hydrogens (primary N) is 1. The number of hydrogen-bond acceptors (Lipinski definition) is 4. The van der Waals surface area contributed by atoms with Gasteiger partial charge in [0.05, 0.1) is 5.69 Å². The SMILES string of the molecule is C=C(C(=O)O)C1CCCCCCC1c1csc(N)n1. The lowest BCUT2D eigenvalue weighted by molar-refractivity contribution is -0.133. The van der Waals surface area contributed by atoms with Crippen molar-refractivity contribution in [3.05, 3.63) is 23.2 Å². The Kier molecular flexibility index (Phi) is 4.58. The van der Waals surface area contributed by atoms with Gasteiger partial charge < -0.3 is 10.8 Å². The molecule has 1 aliphatic rings. The van der Waals surface area contributed by atoms with E-state index in [2.05, 4.69) is 11.6 Å². The molecule has 0 amide bonds. The van der Waals surface area contributed by atoms with Crippen LogP contribution in [0.4, 0.5) is 5.13 Å². The van der Waals surface area contributed by atoms with Crippen molar-refractivity contribution in [2.45, 2.75) is 44.4 Å². The number of thiazole rings is 1. The standard InChI is InChI=1S/C14H20N2O2S/c1-9(13(17)18)10-6-4-2-3-5-7-11(10)12-8-19-14(15)16-12/h8,10-11H,1-7H2,(H2,15,16)(H,17,18). The topological polar surface area (TPSA) is 76.2 Å². The summed E-state index contributed by atoms with van der Waals surface area (Å²) in [6, 6.07) is 0. The Morgan fingerprint density at radius 1 is 1.37 bits per heavy atom. The van der Waals surface area contributed by atoms with E-state index in [1.807, 2.05) is 5.38 Å². The van der Waals surface area contributed by atoms with E-state index in [-0.39, 0.29) is 11.8 Å². The fraction of sp³-hybridized carbons (Fsp3) is 0.571. The van der Waals surface area contributed by atoms with E-state index in [1.54, 1.807) is 0 Å². The third-order valence-corrected chi connectivity index (χ3v) is 4.60. The van der Waals surface area contributed by atoms with Crippen LogP contribution in [0.15, 0.2) is 17.5 Å². The van der Waals surface area contributed by atoms with Crippen LogP contribution in [0.2, 0.25) is 0 Å². The van der Waals surface area contributed by atoms with Crippen LogP contribution in [0.5, 0.6) is 0 Å². The lowest BCUT2D eigenvalue weighted by Gasteiger charge is -2.28. The number of anilines is 1. The van der Waals surface area contributed by atoms with Crippen LogP contribution in [0, 0.1) is 5.92 Å². The van der Waals surface area contributed by atoms with Crippen molar-refractivity contribution in [1.29, 1.82) is 0 Å². The molecular weight excluding hydrogens is 260 g/mol. The van der Waals surface area contributed by atoms with Gasteiger partial charge in [-0.1, -0.05) is 32.3 Å². The van der Waals surface area contributed by atoms with E-state index in [9.17, 15) is 9.90 Å². The molecule has 2 unspecified atom stereocenters. The molecule has 19 heavy (non-hydrogen) atoms. The van der Waals surface area contributed by atoms with Gasteiger partial charge >= 0.3 is 5.97 Å². The Morgan fingerprint density at radius 3 is 2.63 bits per heavy atom. The van der Waals surface area contributed by atoms with Crippen LogP contribution in [-0.2, 0) is 4.79 Å². The van der Waals surface area contributed by atoms with E-state index in [0.717, 1.165) is 31.4 Å². The van der Waals surface area contributed by atoms with Gasteiger partial charge in [0.1, 0.15) is 0 Å². The Morgan fingerprint density at radius 2 is 2.05 bits per heavy atom. The zero-order chi connectivity index (χ0) is 13.8. The Balaban J connectivity index is 2.26. The van der Waals surface area contributed by atoms with Crippen LogP contribution >= 0.6 is 11.3 Å². The zero-order valence-corrected chi connectivity index (χ0v) is 11.8. The molecule has 1 aromatic rings. The lowest BCUT2D eigenvalue weighted by Crippen LogP contribution is -2.21. The molecule has 0 aliphatic heterocycles. The Bertz CT molecular complexity index is 470. The largest absolute Gasteiger partial charge is 0.478 e. The summed E-state index contributed by atoms with van der Waals surface area (Å²) in [4.78, 5) is 15.6. The second kappa shape index (κ2) is 6.19. The van der Waals surface area contributed by atoms with E-state index in [1.165, 1.54) is 24.2 Å². The molecule has 1 heterocycles. The summed E-state index contributed by atoms with van der Waals surface area (Å²) in [6.07, 6.45) is 6.42. The predicted molar refractivity (Wildman–Crippen MR) is 77.2 cm³/mol. The van der Waals surface area contributed by atoms with E-state index < -0.39 is 5.97 Å². The molecule has 0 spiro atoms. The van der Waals surface area contributed by atoms with Gasteiger partial charge in [-0.2, -0.15) is 0 Å². The van der Waals surface area contributed by atoms with Crippen molar-refractivity contribution in [3.8, 4) is 0 Å². The second-order valence-electron chi connectivity index (χ2n) is 5.15. The molecule has 1 aromatic heterocycles. The van der Waals surface area contributed by atoms with Gasteiger partial charge in [-0.3, -0.25) is 0 Å². The van der Waals surface area contributed by atoms with Gasteiger partial charge in [0.2, 0.25) is 0 Å². The summed E-state index contributed by atoms with van der Waals surface area (Å²) in [5.74, 6) is -0.754. The number of nitrogens with zero attached hydrogens (tertiary/aromatic N) is 1. The minimum atomic E-state index is -0.890. The quantitative estimate of drug-likeness (QED) is 0.832. The first-order valence-electron chi connectivity index (χ1n) is 6.72. The first-order valence-corrected chi connectivity index (χ1v) is 7.60. The Hall–Kier alpha value is -1.36. The van der Waals surface area contributed by atoms with E-state index in [0.29, 0.717) is 10.7 Å². The molecule has 1 aliphatic carbocycles. The molecule has 1 fully saturated rings. The lowest BCUT2D eigenvalue weighted by atomic mass is 9.76. The predicted octanol–water partition coefficient (Wildman–Crippen LogP) is 3.42. The third kappa shape index (κ3) is 3.35. The van der Waals surface area contributed by atoms with Crippen molar-refractivity contribution in [1.82, 2.24) is 4.98 Å². The molecule has 0 saturated heterocycles. The maximum atomic E-state index is 11.2. The summed E-state index contributed by atoms with van der Waals surface area (Å²) >= 11 is 1.42. The first-order chi connectivity index (χ1) is 9.09. The summed E-state index contributed by atoms with van der Waals surface area (Å²) in [6.45, 7) is 3.78. The molecule has 0 bridgehead atoms. The number of rotatable bonds is 3. The molecule has 3 N–H and O–H groups in total. The number of carboxylic acid groups (broad SMARTS) is 1. The molecule has 104 valence electrons. The van der Waals surface area contributed by atoms with Crippen LogP contribution in [0.1, 0.15) is 50.1 Å². The fourth-order valence-corrected chi connectivity index (χ4v) is 3.51. The number of carboxylic acids is 1. The molecule has 4 nitrogen and oxygen atoms in total. The minimum absolute atomic E-state index is 0.0145. The maximum Gasteiger partial charge on any atom is 0.331 e. The number of aromatic nitrogens is 1. The maximum absolute atomic E-state index is 11.2. The number of carbonyl (C=O) groups is 1. The third-order valence-electron chi connectivity index (χ3n) is 3.91. The van der Waals surface area contributed by atoms with Crippen LogP contribution in [0.25, 0.3) is 0 Å². The average molecular weight is 280 g/mol. The van der Waals surface area contributed by atoms with Gasteiger partial charge in [-0.05, 0) is 18.8 Å². The fourth-order valence-electron chi connectivity index (χ4n) is 2.89. The van der Waals surface area contributed by atoms with Crippen LogP contribution in [-0.4, -0.2) is 16.1 Å². The molecule has 2 atom stereocenters. The van der Waals surface area contributed by atoms with Gasteiger partial charge in [-0.25, -0.2) is 9.78 Å². The van der Waals surface area contributed by atoms with Crippen molar-refractivity contribution in [2.75, 3.05) is 5.73 Å². The van der Waals surface area contributed by atoms with Crippen LogP contribution < -0.4 is 5.73 Å². The number of hydrogen-bond donors (Lipinski definition) is 2. The van der Waals surface area contributed by atoms with E-state index in [4.69, 9.17) is 5.73 Å². The van der Waals surface area contributed by atoms with Gasteiger partial charge in [0.15, 0.2) is 5.13 Å². The summed E-state index contributed by atoms with van der Waals surface area (Å²) < 4.78 is 0. The molecule has 0 radical (unpaired) electrons. The number of nitrogen functional groups attached to an aromatic ring is 1. The van der Waals surface area contributed by atoms with Gasteiger partial charge in [0.25, 0.3) is 0 Å². The molecule has 2 rings (SSSR count). The molecule has 5 heteroatoms. The highest BCUT2D eigenvalue weighted by Gasteiger charge is 2.30. The smallest absolute Gasteiger partial charge is 0.331 e. The second-order valence-corrected chi connectivity index (χ2v) is 6.04. The minimum Gasteiger partial charge on any atom is -0.478 e. The molecule has 1 saturated carbocycles. The van der Waals surface area contributed by atoms with Gasteiger partial charge in [0, 0.05) is 16.9 Å². The summed E-state index contributed by atoms with van der Waals surface area (Å²) in [7, 11) is 0. The highest BCUT2D eigenvalue weighted by atomic mass is 32.1. The van der Waals surface area contributed by atoms with Crippen molar-refractivity contribution < 1.29 is 9.90 Å². The van der Waals surface area contributed by atoms with Crippen molar-refractivity contribution in [2.24, 2.45) is 5.92 Å². The Labute approximate surface area is 117 Å². The van der Waals surface area contributed by atoms with Crippen LogP contribution in [0.3, 0.4) is 0 Å². The van der Waals surface area contributed by atoms with Gasteiger partial charge in [-0.15, -0.1) is 11.3 Å². The summed E-state index contributed by atoms with van der Waals surface area (Å²) in [5.41, 5.74) is 6.96. The van der Waals surface area contributed by atoms with Crippen molar-refractivity contribution in [3.63, 3.8) is 0 Å². The monoisotopic (exact) mass is 280 g/mol.